The molecule has 28 heavy (non-hydrogen) atoms. The minimum Gasteiger partial charge on any atom is -0.321 e. The third-order valence-electron chi connectivity index (χ3n) is 4.32. The van der Waals surface area contributed by atoms with Crippen molar-refractivity contribution in [1.29, 1.82) is 0 Å². The first-order valence-corrected chi connectivity index (χ1v) is 9.22. The summed E-state index contributed by atoms with van der Waals surface area (Å²) in [5.41, 5.74) is 1.13. The van der Waals surface area contributed by atoms with Crippen LogP contribution >= 0.6 is 0 Å². The van der Waals surface area contributed by atoms with E-state index in [1.807, 2.05) is 93.6 Å². The molecule has 0 bridgehead atoms. The average Bonchev–Trinajstić information content (AvgIpc) is 2.67. The molecule has 0 saturated carbocycles. The van der Waals surface area contributed by atoms with Gasteiger partial charge in [-0.05, 0) is 23.1 Å². The number of rotatable bonds is 4. The lowest BCUT2D eigenvalue weighted by Crippen LogP contribution is -2.38. The smallest absolute Gasteiger partial charge is 0.272 e. The highest BCUT2D eigenvalue weighted by molar-refractivity contribution is 6.12. The minimum atomic E-state index is -0.616. The summed E-state index contributed by atoms with van der Waals surface area (Å²) >= 11 is 0. The Kier molecular flexibility index (Phi) is 5.59. The fourth-order valence-electron chi connectivity index (χ4n) is 2.71. The number of nitrogens with one attached hydrogen (secondary N) is 2. The molecule has 0 fully saturated rings. The Morgan fingerprint density at radius 1 is 0.821 bits per heavy atom. The van der Waals surface area contributed by atoms with E-state index in [2.05, 4.69) is 10.6 Å². The molecule has 0 saturated heterocycles. The van der Waals surface area contributed by atoms with Gasteiger partial charge in [-0.15, -0.1) is 0 Å². The first-order valence-electron chi connectivity index (χ1n) is 9.22. The maximum atomic E-state index is 13.0. The first-order chi connectivity index (χ1) is 13.3. The van der Waals surface area contributed by atoms with Gasteiger partial charge in [0.15, 0.2) is 0 Å². The van der Waals surface area contributed by atoms with Crippen molar-refractivity contribution in [3.8, 4) is 0 Å². The normalized spacial score (nSPS) is 11.9. The maximum absolute atomic E-state index is 13.0. The monoisotopic (exact) mass is 372 g/mol. The number of amides is 2. The number of hydrogen-bond acceptors (Lipinski definition) is 2. The van der Waals surface area contributed by atoms with E-state index in [1.54, 1.807) is 6.08 Å². The topological polar surface area (TPSA) is 58.2 Å². The lowest BCUT2D eigenvalue weighted by Gasteiger charge is -2.19. The molecule has 0 heterocycles. The Bertz CT molecular complexity index is 1030. The van der Waals surface area contributed by atoms with E-state index in [9.17, 15) is 9.59 Å². The zero-order valence-electron chi connectivity index (χ0n) is 16.3. The molecule has 0 unspecified atom stereocenters. The molecule has 0 aromatic heterocycles. The SMILES string of the molecule is CC(C)(C)C(=O)N/C(=C/c1ccccc1)C(=O)Nc1cccc2ccccc12. The third kappa shape index (κ3) is 4.65. The molecule has 0 aliphatic carbocycles. The highest BCUT2D eigenvalue weighted by Crippen LogP contribution is 2.23. The molecule has 3 rings (SSSR count). The van der Waals surface area contributed by atoms with Gasteiger partial charge in [-0.1, -0.05) is 87.5 Å². The van der Waals surface area contributed by atoms with Crippen LogP contribution in [0.25, 0.3) is 16.8 Å². The van der Waals surface area contributed by atoms with Crippen LogP contribution in [-0.4, -0.2) is 11.8 Å². The summed E-state index contributed by atoms with van der Waals surface area (Å²) in [6.07, 6.45) is 1.68. The number of benzene rings is 3. The Morgan fingerprint density at radius 2 is 1.46 bits per heavy atom. The molecule has 4 nitrogen and oxygen atoms in total. The van der Waals surface area contributed by atoms with E-state index in [-0.39, 0.29) is 17.5 Å². The highest BCUT2D eigenvalue weighted by Gasteiger charge is 2.24. The number of anilines is 1. The van der Waals surface area contributed by atoms with Crippen molar-refractivity contribution < 1.29 is 9.59 Å². The van der Waals surface area contributed by atoms with Crippen LogP contribution in [0.4, 0.5) is 5.69 Å². The zero-order valence-corrected chi connectivity index (χ0v) is 16.3. The van der Waals surface area contributed by atoms with Crippen molar-refractivity contribution in [3.63, 3.8) is 0 Å². The van der Waals surface area contributed by atoms with Crippen LogP contribution in [-0.2, 0) is 9.59 Å². The fourth-order valence-corrected chi connectivity index (χ4v) is 2.71. The molecule has 4 heteroatoms. The molecule has 0 atom stereocenters. The van der Waals surface area contributed by atoms with Crippen LogP contribution in [0.2, 0.25) is 0 Å². The molecule has 2 N–H and O–H groups in total. The molecule has 3 aromatic carbocycles. The van der Waals surface area contributed by atoms with E-state index in [4.69, 9.17) is 0 Å². The summed E-state index contributed by atoms with van der Waals surface area (Å²) in [5.74, 6) is -0.583. The molecule has 2 amide bonds. The van der Waals surface area contributed by atoms with E-state index in [0.717, 1.165) is 16.3 Å². The van der Waals surface area contributed by atoms with Crippen molar-refractivity contribution in [2.45, 2.75) is 20.8 Å². The predicted octanol–water partition coefficient (Wildman–Crippen LogP) is 4.98. The highest BCUT2D eigenvalue weighted by atomic mass is 16.2. The second-order valence-corrected chi connectivity index (χ2v) is 7.65. The van der Waals surface area contributed by atoms with E-state index in [1.165, 1.54) is 0 Å². The Morgan fingerprint density at radius 3 is 2.18 bits per heavy atom. The van der Waals surface area contributed by atoms with Gasteiger partial charge >= 0.3 is 0 Å². The number of fused-ring (bicyclic) bond motifs is 1. The fraction of sp³-hybridized carbons (Fsp3) is 0.167. The average molecular weight is 372 g/mol. The second kappa shape index (κ2) is 8.09. The minimum absolute atomic E-state index is 0.207. The van der Waals surface area contributed by atoms with Gasteiger partial charge in [0.2, 0.25) is 5.91 Å². The third-order valence-corrected chi connectivity index (χ3v) is 4.32. The van der Waals surface area contributed by atoms with Gasteiger partial charge in [0.1, 0.15) is 5.70 Å². The standard InChI is InChI=1S/C24H24N2O2/c1-24(2,3)23(28)26-21(16-17-10-5-4-6-11-17)22(27)25-20-15-9-13-18-12-7-8-14-19(18)20/h4-16H,1-3H3,(H,25,27)(H,26,28)/b21-16+. The van der Waals surface area contributed by atoms with Gasteiger partial charge in [0.05, 0.1) is 0 Å². The molecule has 142 valence electrons. The van der Waals surface area contributed by atoms with Gasteiger partial charge in [-0.25, -0.2) is 0 Å². The van der Waals surface area contributed by atoms with Crippen molar-refractivity contribution in [2.24, 2.45) is 5.41 Å². The number of hydrogen-bond donors (Lipinski definition) is 2. The van der Waals surface area contributed by atoms with Crippen LogP contribution in [0.15, 0.2) is 78.5 Å². The Labute approximate surface area is 165 Å². The van der Waals surface area contributed by atoms with Crippen molar-refractivity contribution in [1.82, 2.24) is 5.32 Å². The lowest BCUT2D eigenvalue weighted by molar-refractivity contribution is -0.128. The van der Waals surface area contributed by atoms with Crippen LogP contribution < -0.4 is 10.6 Å². The van der Waals surface area contributed by atoms with Gasteiger partial charge in [0.25, 0.3) is 5.91 Å². The van der Waals surface area contributed by atoms with Crippen LogP contribution in [0.3, 0.4) is 0 Å². The second-order valence-electron chi connectivity index (χ2n) is 7.65. The van der Waals surface area contributed by atoms with Crippen molar-refractivity contribution in [2.75, 3.05) is 5.32 Å². The summed E-state index contributed by atoms with van der Waals surface area (Å²) < 4.78 is 0. The quantitative estimate of drug-likeness (QED) is 0.635. The van der Waals surface area contributed by atoms with Gasteiger partial charge < -0.3 is 10.6 Å². The summed E-state index contributed by atoms with van der Waals surface area (Å²) in [6.45, 7) is 5.43. The molecule has 0 aliphatic rings. The van der Waals surface area contributed by atoms with E-state index >= 15 is 0 Å². The van der Waals surface area contributed by atoms with Crippen LogP contribution in [0.1, 0.15) is 26.3 Å². The molecule has 0 aliphatic heterocycles. The summed E-state index contributed by atoms with van der Waals surface area (Å²) in [4.78, 5) is 25.5. The van der Waals surface area contributed by atoms with E-state index in [0.29, 0.717) is 5.69 Å². The molecular formula is C24H24N2O2. The van der Waals surface area contributed by atoms with Gasteiger partial charge in [0, 0.05) is 16.5 Å². The van der Waals surface area contributed by atoms with Crippen LogP contribution in [0, 0.1) is 5.41 Å². The van der Waals surface area contributed by atoms with Crippen LogP contribution in [0.5, 0.6) is 0 Å². The Balaban J connectivity index is 1.94. The number of carbonyl (C=O) groups excluding carboxylic acids is 2. The molecule has 0 radical (unpaired) electrons. The summed E-state index contributed by atoms with van der Waals surface area (Å²) in [5, 5.41) is 7.70. The van der Waals surface area contributed by atoms with Gasteiger partial charge in [-0.3, -0.25) is 9.59 Å². The van der Waals surface area contributed by atoms with Gasteiger partial charge in [-0.2, -0.15) is 0 Å². The maximum Gasteiger partial charge on any atom is 0.272 e. The molecular weight excluding hydrogens is 348 g/mol. The molecule has 0 spiro atoms. The molecule has 3 aromatic rings. The first kappa shape index (κ1) is 19.4. The number of carbonyl (C=O) groups is 2. The van der Waals surface area contributed by atoms with Crippen molar-refractivity contribution >= 4 is 34.4 Å². The predicted molar refractivity (Wildman–Crippen MR) is 115 cm³/mol. The lowest BCUT2D eigenvalue weighted by atomic mass is 9.95. The van der Waals surface area contributed by atoms with Crippen molar-refractivity contribution in [3.05, 3.63) is 84.1 Å². The largest absolute Gasteiger partial charge is 0.321 e. The Hall–Kier alpha value is -3.40. The summed E-state index contributed by atoms with van der Waals surface area (Å²) in [6, 6.07) is 23.0. The van der Waals surface area contributed by atoms with E-state index < -0.39 is 5.41 Å². The summed E-state index contributed by atoms with van der Waals surface area (Å²) in [7, 11) is 0. The zero-order chi connectivity index (χ0) is 20.1.